The molecule has 2 aromatic carbocycles. The van der Waals surface area contributed by atoms with Gasteiger partial charge in [0.2, 0.25) is 5.75 Å². The lowest BCUT2D eigenvalue weighted by Gasteiger charge is -2.09. The smallest absolute Gasteiger partial charge is 0.312 e. The number of halogens is 1. The molecule has 0 aromatic heterocycles. The monoisotopic (exact) mass is 275 g/mol. The van der Waals surface area contributed by atoms with Gasteiger partial charge in [0.05, 0.1) is 4.92 Å². The predicted molar refractivity (Wildman–Crippen MR) is 69.7 cm³/mol. The van der Waals surface area contributed by atoms with Gasteiger partial charge >= 0.3 is 5.69 Å². The minimum Gasteiger partial charge on any atom is -0.450 e. The second-order valence-corrected chi connectivity index (χ2v) is 4.11. The fourth-order valence-electron chi connectivity index (χ4n) is 1.68. The van der Waals surface area contributed by atoms with Crippen LogP contribution in [0.1, 0.15) is 15.9 Å². The first-order chi connectivity index (χ1) is 9.51. The summed E-state index contributed by atoms with van der Waals surface area (Å²) in [5, 5.41) is 11.0. The zero-order valence-electron chi connectivity index (χ0n) is 10.5. The molecule has 0 saturated heterocycles. The molecule has 0 aliphatic rings. The van der Waals surface area contributed by atoms with Crippen molar-refractivity contribution in [1.29, 1.82) is 0 Å². The standard InChI is InChI=1S/C14H10FNO4/c1-9-6-11(15)3-5-13(9)20-14-4-2-10(8-17)7-12(14)16(18)19/h2-8H,1H3. The highest BCUT2D eigenvalue weighted by Gasteiger charge is 2.17. The van der Waals surface area contributed by atoms with Crippen LogP contribution in [0.3, 0.4) is 0 Å². The SMILES string of the molecule is Cc1cc(F)ccc1Oc1ccc(C=O)cc1[N+](=O)[O-]. The van der Waals surface area contributed by atoms with Crippen molar-refractivity contribution in [2.75, 3.05) is 0 Å². The fourth-order valence-corrected chi connectivity index (χ4v) is 1.68. The molecule has 20 heavy (non-hydrogen) atoms. The van der Waals surface area contributed by atoms with Crippen LogP contribution in [0.15, 0.2) is 36.4 Å². The minimum absolute atomic E-state index is 0.00434. The lowest BCUT2D eigenvalue weighted by atomic mass is 10.2. The first-order valence-corrected chi connectivity index (χ1v) is 5.69. The summed E-state index contributed by atoms with van der Waals surface area (Å²) in [6, 6.07) is 7.73. The van der Waals surface area contributed by atoms with Crippen molar-refractivity contribution in [3.63, 3.8) is 0 Å². The molecule has 2 aromatic rings. The third-order valence-corrected chi connectivity index (χ3v) is 2.67. The first kappa shape index (κ1) is 13.7. The molecule has 0 amide bonds. The lowest BCUT2D eigenvalue weighted by molar-refractivity contribution is -0.385. The van der Waals surface area contributed by atoms with Crippen LogP contribution in [0.25, 0.3) is 0 Å². The summed E-state index contributed by atoms with van der Waals surface area (Å²) in [5.74, 6) is -0.107. The van der Waals surface area contributed by atoms with Crippen LogP contribution in [-0.4, -0.2) is 11.2 Å². The molecule has 0 aliphatic heterocycles. The number of nitro benzene ring substituents is 1. The van der Waals surface area contributed by atoms with E-state index >= 15 is 0 Å². The number of hydrogen-bond acceptors (Lipinski definition) is 4. The van der Waals surface area contributed by atoms with Gasteiger partial charge in [0.25, 0.3) is 0 Å². The summed E-state index contributed by atoms with van der Waals surface area (Å²) in [4.78, 5) is 21.0. The van der Waals surface area contributed by atoms with E-state index in [-0.39, 0.29) is 17.0 Å². The number of carbonyl (C=O) groups is 1. The average Bonchev–Trinajstić information content (AvgIpc) is 2.42. The van der Waals surface area contributed by atoms with Crippen molar-refractivity contribution in [3.8, 4) is 11.5 Å². The number of aldehydes is 1. The van der Waals surface area contributed by atoms with E-state index in [1.165, 1.54) is 30.3 Å². The summed E-state index contributed by atoms with van der Waals surface area (Å²) in [5.41, 5.74) is 0.372. The first-order valence-electron chi connectivity index (χ1n) is 5.69. The van der Waals surface area contributed by atoms with E-state index in [0.717, 1.165) is 6.07 Å². The number of carbonyl (C=O) groups excluding carboxylic acids is 1. The summed E-state index contributed by atoms with van der Waals surface area (Å²) in [6.07, 6.45) is 0.514. The molecular formula is C14H10FNO4. The van der Waals surface area contributed by atoms with Gasteiger partial charge in [-0.25, -0.2) is 4.39 Å². The highest BCUT2D eigenvalue weighted by molar-refractivity contribution is 5.77. The van der Waals surface area contributed by atoms with Crippen LogP contribution < -0.4 is 4.74 Å². The Morgan fingerprint density at radius 3 is 2.50 bits per heavy atom. The Hall–Kier alpha value is -2.76. The number of nitrogens with zero attached hydrogens (tertiary/aromatic N) is 1. The lowest BCUT2D eigenvalue weighted by Crippen LogP contribution is -1.96. The van der Waals surface area contributed by atoms with Gasteiger partial charge in [-0.05, 0) is 42.8 Å². The molecule has 102 valence electrons. The van der Waals surface area contributed by atoms with Gasteiger partial charge in [0.1, 0.15) is 17.9 Å². The van der Waals surface area contributed by atoms with Crippen molar-refractivity contribution in [3.05, 3.63) is 63.5 Å². The topological polar surface area (TPSA) is 69.4 Å². The Balaban J connectivity index is 2.42. The summed E-state index contributed by atoms with van der Waals surface area (Å²) >= 11 is 0. The largest absolute Gasteiger partial charge is 0.450 e. The van der Waals surface area contributed by atoms with Crippen LogP contribution in [0, 0.1) is 22.9 Å². The second-order valence-electron chi connectivity index (χ2n) is 4.11. The average molecular weight is 275 g/mol. The van der Waals surface area contributed by atoms with Crippen LogP contribution in [0.4, 0.5) is 10.1 Å². The third kappa shape index (κ3) is 2.80. The maximum Gasteiger partial charge on any atom is 0.312 e. The molecule has 0 atom stereocenters. The quantitative estimate of drug-likeness (QED) is 0.485. The molecule has 0 fully saturated rings. The molecule has 0 aliphatic carbocycles. The predicted octanol–water partition coefficient (Wildman–Crippen LogP) is 3.65. The Labute approximate surface area is 113 Å². The van der Waals surface area contributed by atoms with E-state index in [0.29, 0.717) is 17.6 Å². The Morgan fingerprint density at radius 2 is 1.90 bits per heavy atom. The summed E-state index contributed by atoms with van der Waals surface area (Å²) < 4.78 is 18.4. The third-order valence-electron chi connectivity index (χ3n) is 2.67. The molecule has 0 bridgehead atoms. The zero-order valence-corrected chi connectivity index (χ0v) is 10.5. The van der Waals surface area contributed by atoms with Crippen molar-refractivity contribution in [2.24, 2.45) is 0 Å². The fraction of sp³-hybridized carbons (Fsp3) is 0.0714. The number of nitro groups is 1. The molecule has 0 saturated carbocycles. The van der Waals surface area contributed by atoms with Crippen LogP contribution in [0.2, 0.25) is 0 Å². The number of rotatable bonds is 4. The van der Waals surface area contributed by atoms with E-state index in [2.05, 4.69) is 0 Å². The van der Waals surface area contributed by atoms with Crippen molar-refractivity contribution < 1.29 is 18.8 Å². The highest BCUT2D eigenvalue weighted by Crippen LogP contribution is 2.33. The van der Waals surface area contributed by atoms with Gasteiger partial charge in [0.15, 0.2) is 0 Å². The van der Waals surface area contributed by atoms with E-state index in [1.807, 2.05) is 0 Å². The molecule has 0 radical (unpaired) electrons. The number of aryl methyl sites for hydroxylation is 1. The molecule has 0 N–H and O–H groups in total. The highest BCUT2D eigenvalue weighted by atomic mass is 19.1. The normalized spacial score (nSPS) is 10.1. The number of benzene rings is 2. The van der Waals surface area contributed by atoms with Crippen molar-refractivity contribution in [1.82, 2.24) is 0 Å². The summed E-state index contributed by atoms with van der Waals surface area (Å²) in [7, 11) is 0. The maximum absolute atomic E-state index is 13.0. The molecule has 0 heterocycles. The van der Waals surface area contributed by atoms with Gasteiger partial charge in [-0.1, -0.05) is 0 Å². The molecule has 2 rings (SSSR count). The zero-order chi connectivity index (χ0) is 14.7. The Kier molecular flexibility index (Phi) is 3.74. The van der Waals surface area contributed by atoms with Gasteiger partial charge < -0.3 is 4.74 Å². The van der Waals surface area contributed by atoms with Crippen molar-refractivity contribution >= 4 is 12.0 Å². The molecule has 5 nitrogen and oxygen atoms in total. The molecule has 6 heteroatoms. The minimum atomic E-state index is -0.638. The Morgan fingerprint density at radius 1 is 1.20 bits per heavy atom. The second kappa shape index (κ2) is 5.48. The summed E-state index contributed by atoms with van der Waals surface area (Å²) in [6.45, 7) is 1.63. The molecule has 0 spiro atoms. The van der Waals surface area contributed by atoms with Gasteiger partial charge in [-0.15, -0.1) is 0 Å². The van der Waals surface area contributed by atoms with E-state index in [9.17, 15) is 19.3 Å². The van der Waals surface area contributed by atoms with Gasteiger partial charge in [-0.3, -0.25) is 14.9 Å². The maximum atomic E-state index is 13.0. The Bertz CT molecular complexity index is 685. The molecular weight excluding hydrogens is 265 g/mol. The van der Waals surface area contributed by atoms with Crippen LogP contribution in [0.5, 0.6) is 11.5 Å². The van der Waals surface area contributed by atoms with Gasteiger partial charge in [0, 0.05) is 11.6 Å². The van der Waals surface area contributed by atoms with E-state index in [1.54, 1.807) is 6.92 Å². The molecule has 0 unspecified atom stereocenters. The number of ether oxygens (including phenoxy) is 1. The number of hydrogen-bond donors (Lipinski definition) is 0. The van der Waals surface area contributed by atoms with Crippen LogP contribution >= 0.6 is 0 Å². The van der Waals surface area contributed by atoms with Crippen molar-refractivity contribution in [2.45, 2.75) is 6.92 Å². The van der Waals surface area contributed by atoms with E-state index in [4.69, 9.17) is 4.74 Å². The van der Waals surface area contributed by atoms with Gasteiger partial charge in [-0.2, -0.15) is 0 Å². The van der Waals surface area contributed by atoms with E-state index < -0.39 is 10.7 Å². The van der Waals surface area contributed by atoms with Crippen LogP contribution in [-0.2, 0) is 0 Å².